The molecule has 0 aromatic rings. The van der Waals surface area contributed by atoms with Gasteiger partial charge in [0.05, 0.1) is 12.7 Å². The predicted octanol–water partition coefficient (Wildman–Crippen LogP) is -0.367. The van der Waals surface area contributed by atoms with E-state index in [1.165, 1.54) is 26.2 Å². The Labute approximate surface area is 67.9 Å². The molecule has 0 aromatic carbocycles. The molecular formula is C8H16N2O. The van der Waals surface area contributed by atoms with E-state index >= 15 is 0 Å². The first-order chi connectivity index (χ1) is 5.34. The Balaban J connectivity index is 1.69. The molecule has 11 heavy (non-hydrogen) atoms. The zero-order chi connectivity index (χ0) is 7.68. The highest BCUT2D eigenvalue weighted by molar-refractivity contribution is 4.77. The highest BCUT2D eigenvalue weighted by atomic mass is 16.6. The van der Waals surface area contributed by atoms with Crippen LogP contribution >= 0.6 is 0 Å². The van der Waals surface area contributed by atoms with Crippen LogP contribution in [0.5, 0.6) is 0 Å². The summed E-state index contributed by atoms with van der Waals surface area (Å²) < 4.78 is 5.18. The zero-order valence-corrected chi connectivity index (χ0v) is 7.12. The minimum atomic E-state index is 0.568. The summed E-state index contributed by atoms with van der Waals surface area (Å²) in [5, 5.41) is 0. The highest BCUT2D eigenvalue weighted by Crippen LogP contribution is 2.11. The molecule has 0 aromatic heterocycles. The summed E-state index contributed by atoms with van der Waals surface area (Å²) in [6, 6.07) is 0. The number of piperazine rings is 1. The molecule has 2 saturated heterocycles. The molecule has 1 unspecified atom stereocenters. The van der Waals surface area contributed by atoms with Gasteiger partial charge in [0.25, 0.3) is 0 Å². The fourth-order valence-electron chi connectivity index (χ4n) is 1.49. The minimum absolute atomic E-state index is 0.568. The molecule has 0 amide bonds. The minimum Gasteiger partial charge on any atom is -0.372 e. The van der Waals surface area contributed by atoms with Crippen molar-refractivity contribution >= 4 is 0 Å². The van der Waals surface area contributed by atoms with E-state index in [9.17, 15) is 0 Å². The summed E-state index contributed by atoms with van der Waals surface area (Å²) in [6.45, 7) is 7.02. The molecule has 2 aliphatic heterocycles. The maximum atomic E-state index is 5.18. The van der Waals surface area contributed by atoms with Crippen molar-refractivity contribution < 1.29 is 4.74 Å². The van der Waals surface area contributed by atoms with Gasteiger partial charge in [-0.15, -0.1) is 0 Å². The first kappa shape index (κ1) is 7.53. The smallest absolute Gasteiger partial charge is 0.0936 e. The fraction of sp³-hybridized carbons (Fsp3) is 1.00. The first-order valence-corrected chi connectivity index (χ1v) is 4.37. The first-order valence-electron chi connectivity index (χ1n) is 4.37. The largest absolute Gasteiger partial charge is 0.372 e. The monoisotopic (exact) mass is 156 g/mol. The lowest BCUT2D eigenvalue weighted by atomic mass is 10.3. The second-order valence-electron chi connectivity index (χ2n) is 3.56. The molecule has 2 fully saturated rings. The van der Waals surface area contributed by atoms with Gasteiger partial charge in [0.2, 0.25) is 0 Å². The molecule has 2 rings (SSSR count). The standard InChI is InChI=1S/C8H16N2O/c1-9-2-4-10(5-3-9)6-8-7-11-8/h8H,2-7H2,1H3. The number of rotatable bonds is 2. The maximum Gasteiger partial charge on any atom is 0.0936 e. The predicted molar refractivity (Wildman–Crippen MR) is 43.7 cm³/mol. The van der Waals surface area contributed by atoms with Crippen molar-refractivity contribution in [1.29, 1.82) is 0 Å². The molecule has 3 heteroatoms. The van der Waals surface area contributed by atoms with Crippen LogP contribution in [0.1, 0.15) is 0 Å². The van der Waals surface area contributed by atoms with Gasteiger partial charge in [-0.3, -0.25) is 4.90 Å². The van der Waals surface area contributed by atoms with Gasteiger partial charge in [-0.25, -0.2) is 0 Å². The molecule has 64 valence electrons. The van der Waals surface area contributed by atoms with Gasteiger partial charge in [0.1, 0.15) is 0 Å². The van der Waals surface area contributed by atoms with Gasteiger partial charge >= 0.3 is 0 Å². The maximum absolute atomic E-state index is 5.18. The third-order valence-electron chi connectivity index (χ3n) is 2.46. The van der Waals surface area contributed by atoms with Crippen molar-refractivity contribution in [3.63, 3.8) is 0 Å². The molecule has 1 atom stereocenters. The normalized spacial score (nSPS) is 34.1. The van der Waals surface area contributed by atoms with E-state index in [1.807, 2.05) is 0 Å². The quantitative estimate of drug-likeness (QED) is 0.509. The van der Waals surface area contributed by atoms with E-state index < -0.39 is 0 Å². The summed E-state index contributed by atoms with van der Waals surface area (Å²) in [7, 11) is 2.19. The van der Waals surface area contributed by atoms with Crippen LogP contribution in [0, 0.1) is 0 Å². The van der Waals surface area contributed by atoms with Crippen LogP contribution < -0.4 is 0 Å². The molecule has 0 radical (unpaired) electrons. The van der Waals surface area contributed by atoms with E-state index in [-0.39, 0.29) is 0 Å². The molecule has 0 bridgehead atoms. The lowest BCUT2D eigenvalue weighted by molar-refractivity contribution is 0.144. The lowest BCUT2D eigenvalue weighted by Crippen LogP contribution is -2.45. The van der Waals surface area contributed by atoms with E-state index in [4.69, 9.17) is 4.74 Å². The molecular weight excluding hydrogens is 140 g/mol. The van der Waals surface area contributed by atoms with E-state index in [0.29, 0.717) is 6.10 Å². The molecule has 3 nitrogen and oxygen atoms in total. The number of nitrogens with zero attached hydrogens (tertiary/aromatic N) is 2. The van der Waals surface area contributed by atoms with Crippen LogP contribution in [0.4, 0.5) is 0 Å². The third kappa shape index (κ3) is 2.15. The van der Waals surface area contributed by atoms with Gasteiger partial charge in [0.15, 0.2) is 0 Å². The van der Waals surface area contributed by atoms with Gasteiger partial charge in [-0.1, -0.05) is 0 Å². The summed E-state index contributed by atoms with van der Waals surface area (Å²) in [5.74, 6) is 0. The Morgan fingerprint density at radius 2 is 1.91 bits per heavy atom. The van der Waals surface area contributed by atoms with Crippen molar-refractivity contribution in [1.82, 2.24) is 9.80 Å². The van der Waals surface area contributed by atoms with Crippen LogP contribution in [-0.2, 0) is 4.74 Å². The Hall–Kier alpha value is -0.120. The molecule has 0 aliphatic carbocycles. The van der Waals surface area contributed by atoms with Gasteiger partial charge in [-0.2, -0.15) is 0 Å². The number of epoxide rings is 1. The van der Waals surface area contributed by atoms with Crippen molar-refractivity contribution in [2.75, 3.05) is 46.4 Å². The number of likely N-dealkylation sites (N-methyl/N-ethyl adjacent to an activating group) is 1. The van der Waals surface area contributed by atoms with Crippen molar-refractivity contribution in [2.45, 2.75) is 6.10 Å². The van der Waals surface area contributed by atoms with E-state index in [2.05, 4.69) is 16.8 Å². The number of ether oxygens (including phenoxy) is 1. The van der Waals surface area contributed by atoms with Crippen LogP contribution in [0.15, 0.2) is 0 Å². The van der Waals surface area contributed by atoms with E-state index in [0.717, 1.165) is 13.2 Å². The zero-order valence-electron chi connectivity index (χ0n) is 7.12. The van der Waals surface area contributed by atoms with Crippen LogP contribution in [0.3, 0.4) is 0 Å². The molecule has 2 aliphatic rings. The molecule has 2 heterocycles. The van der Waals surface area contributed by atoms with Gasteiger partial charge in [0, 0.05) is 32.7 Å². The van der Waals surface area contributed by atoms with Gasteiger partial charge in [-0.05, 0) is 7.05 Å². The number of hydrogen-bond acceptors (Lipinski definition) is 3. The second-order valence-corrected chi connectivity index (χ2v) is 3.56. The SMILES string of the molecule is CN1CCN(CC2CO2)CC1. The summed E-state index contributed by atoms with van der Waals surface area (Å²) in [4.78, 5) is 4.88. The Morgan fingerprint density at radius 3 is 2.45 bits per heavy atom. The summed E-state index contributed by atoms with van der Waals surface area (Å²) in [5.41, 5.74) is 0. The number of hydrogen-bond donors (Lipinski definition) is 0. The average Bonchev–Trinajstić information content (AvgIpc) is 2.78. The Kier molecular flexibility index (Phi) is 2.11. The molecule has 0 N–H and O–H groups in total. The lowest BCUT2D eigenvalue weighted by Gasteiger charge is -2.31. The van der Waals surface area contributed by atoms with Crippen LogP contribution in [0.2, 0.25) is 0 Å². The molecule has 0 saturated carbocycles. The van der Waals surface area contributed by atoms with Crippen LogP contribution in [0.25, 0.3) is 0 Å². The van der Waals surface area contributed by atoms with Crippen LogP contribution in [-0.4, -0.2) is 62.3 Å². The second kappa shape index (κ2) is 3.09. The Morgan fingerprint density at radius 1 is 1.27 bits per heavy atom. The summed E-state index contributed by atoms with van der Waals surface area (Å²) in [6.07, 6.45) is 0.568. The van der Waals surface area contributed by atoms with Crippen molar-refractivity contribution in [3.8, 4) is 0 Å². The topological polar surface area (TPSA) is 19.0 Å². The van der Waals surface area contributed by atoms with E-state index in [1.54, 1.807) is 0 Å². The third-order valence-corrected chi connectivity index (χ3v) is 2.46. The van der Waals surface area contributed by atoms with Crippen molar-refractivity contribution in [3.05, 3.63) is 0 Å². The molecule has 0 spiro atoms. The van der Waals surface area contributed by atoms with Crippen molar-refractivity contribution in [2.24, 2.45) is 0 Å². The summed E-state index contributed by atoms with van der Waals surface area (Å²) >= 11 is 0. The Bertz CT molecular complexity index is 128. The van der Waals surface area contributed by atoms with Gasteiger partial charge < -0.3 is 9.64 Å². The average molecular weight is 156 g/mol. The highest BCUT2D eigenvalue weighted by Gasteiger charge is 2.26. The fourth-order valence-corrected chi connectivity index (χ4v) is 1.49.